The van der Waals surface area contributed by atoms with Gasteiger partial charge in [0.1, 0.15) is 10.8 Å². The van der Waals surface area contributed by atoms with Gasteiger partial charge in [-0.2, -0.15) is 13.2 Å². The zero-order valence-electron chi connectivity index (χ0n) is 8.62. The summed E-state index contributed by atoms with van der Waals surface area (Å²) in [6, 6.07) is 3.28. The van der Waals surface area contributed by atoms with E-state index in [1.807, 2.05) is 0 Å². The lowest BCUT2D eigenvalue weighted by molar-refractivity contribution is -0.0327. The number of pyridine rings is 1. The fourth-order valence-corrected chi connectivity index (χ4v) is 1.55. The summed E-state index contributed by atoms with van der Waals surface area (Å²) < 4.78 is 35.4. The van der Waals surface area contributed by atoms with Crippen LogP contribution in [-0.2, 0) is 0 Å². The first-order chi connectivity index (χ1) is 7.88. The molecule has 1 aromatic heterocycles. The standard InChI is InChI=1S/C9H10F3N3S2/c10-9(11,12)17-4-3-14-7-2-1-6(5-15-7)8(13)16/h1-2,5H,3-4H2,(H2,13,16)(H,14,15). The molecule has 8 heteroatoms. The maximum atomic E-state index is 11.8. The van der Waals surface area contributed by atoms with Gasteiger partial charge in [0.25, 0.3) is 0 Å². The molecule has 0 saturated carbocycles. The van der Waals surface area contributed by atoms with Crippen molar-refractivity contribution in [2.24, 2.45) is 5.73 Å². The fourth-order valence-electron chi connectivity index (χ4n) is 0.990. The molecule has 94 valence electrons. The Morgan fingerprint density at radius 3 is 2.65 bits per heavy atom. The number of rotatable bonds is 5. The van der Waals surface area contributed by atoms with Crippen molar-refractivity contribution in [2.45, 2.75) is 5.51 Å². The molecule has 0 amide bonds. The Labute approximate surface area is 106 Å². The first-order valence-corrected chi connectivity index (χ1v) is 5.98. The van der Waals surface area contributed by atoms with E-state index >= 15 is 0 Å². The van der Waals surface area contributed by atoms with E-state index in [4.69, 9.17) is 18.0 Å². The second kappa shape index (κ2) is 6.06. The number of nitrogens with one attached hydrogen (secondary N) is 1. The maximum Gasteiger partial charge on any atom is 0.441 e. The average Bonchev–Trinajstić information content (AvgIpc) is 2.24. The monoisotopic (exact) mass is 281 g/mol. The largest absolute Gasteiger partial charge is 0.441 e. The Bertz CT molecular complexity index is 378. The lowest BCUT2D eigenvalue weighted by Gasteiger charge is -2.07. The van der Waals surface area contributed by atoms with E-state index < -0.39 is 5.51 Å². The number of hydrogen-bond acceptors (Lipinski definition) is 4. The Morgan fingerprint density at radius 1 is 1.47 bits per heavy atom. The third-order valence-electron chi connectivity index (χ3n) is 1.72. The van der Waals surface area contributed by atoms with Gasteiger partial charge in [-0.25, -0.2) is 4.98 Å². The summed E-state index contributed by atoms with van der Waals surface area (Å²) in [6.45, 7) is 0.184. The van der Waals surface area contributed by atoms with Crippen LogP contribution in [0.15, 0.2) is 18.3 Å². The molecule has 0 bridgehead atoms. The quantitative estimate of drug-likeness (QED) is 0.641. The number of thiocarbonyl (C=S) groups is 1. The maximum absolute atomic E-state index is 11.8. The van der Waals surface area contributed by atoms with Crippen LogP contribution in [0.1, 0.15) is 5.56 Å². The molecule has 0 spiro atoms. The normalized spacial score (nSPS) is 11.2. The first-order valence-electron chi connectivity index (χ1n) is 4.59. The van der Waals surface area contributed by atoms with Crippen molar-refractivity contribution in [2.75, 3.05) is 17.6 Å². The number of nitrogens with zero attached hydrogens (tertiary/aromatic N) is 1. The highest BCUT2D eigenvalue weighted by Gasteiger charge is 2.27. The van der Waals surface area contributed by atoms with Crippen molar-refractivity contribution in [1.29, 1.82) is 0 Å². The van der Waals surface area contributed by atoms with E-state index in [2.05, 4.69) is 10.3 Å². The summed E-state index contributed by atoms with van der Waals surface area (Å²) in [5.74, 6) is 0.426. The van der Waals surface area contributed by atoms with Crippen LogP contribution in [0.25, 0.3) is 0 Å². The van der Waals surface area contributed by atoms with Crippen molar-refractivity contribution in [3.8, 4) is 0 Å². The molecule has 1 aromatic rings. The lowest BCUT2D eigenvalue weighted by Crippen LogP contribution is -2.12. The predicted molar refractivity (Wildman–Crippen MR) is 67.1 cm³/mol. The van der Waals surface area contributed by atoms with Crippen molar-refractivity contribution in [3.63, 3.8) is 0 Å². The van der Waals surface area contributed by atoms with Crippen molar-refractivity contribution >= 4 is 34.8 Å². The number of hydrogen-bond donors (Lipinski definition) is 2. The first kappa shape index (κ1) is 14.0. The Kier molecular flexibility index (Phi) is 5.01. The van der Waals surface area contributed by atoms with E-state index in [0.717, 1.165) is 0 Å². The average molecular weight is 281 g/mol. The molecule has 0 aliphatic heterocycles. The van der Waals surface area contributed by atoms with E-state index in [9.17, 15) is 13.2 Å². The summed E-state index contributed by atoms with van der Waals surface area (Å²) in [5.41, 5.74) is 1.81. The zero-order chi connectivity index (χ0) is 12.9. The minimum Gasteiger partial charge on any atom is -0.389 e. The number of anilines is 1. The highest BCUT2D eigenvalue weighted by molar-refractivity contribution is 8.00. The summed E-state index contributed by atoms with van der Waals surface area (Å²) >= 11 is 4.67. The van der Waals surface area contributed by atoms with Gasteiger partial charge < -0.3 is 11.1 Å². The minimum atomic E-state index is -4.19. The van der Waals surface area contributed by atoms with E-state index in [1.165, 1.54) is 6.20 Å². The number of alkyl halides is 3. The molecule has 17 heavy (non-hydrogen) atoms. The molecular formula is C9H10F3N3S2. The highest BCUT2D eigenvalue weighted by Crippen LogP contribution is 2.29. The summed E-state index contributed by atoms with van der Waals surface area (Å²) in [4.78, 5) is 4.20. The molecule has 3 nitrogen and oxygen atoms in total. The van der Waals surface area contributed by atoms with E-state index in [1.54, 1.807) is 12.1 Å². The molecule has 0 radical (unpaired) electrons. The Hall–Kier alpha value is -1.02. The summed E-state index contributed by atoms with van der Waals surface area (Å²) in [5, 5.41) is 2.77. The third-order valence-corrected chi connectivity index (χ3v) is 2.69. The molecule has 0 aliphatic rings. The fraction of sp³-hybridized carbons (Fsp3) is 0.333. The van der Waals surface area contributed by atoms with Crippen LogP contribution in [0.4, 0.5) is 19.0 Å². The van der Waals surface area contributed by atoms with Crippen LogP contribution in [-0.4, -0.2) is 27.8 Å². The molecule has 0 atom stereocenters. The number of halogens is 3. The van der Waals surface area contributed by atoms with Crippen LogP contribution >= 0.6 is 24.0 Å². The van der Waals surface area contributed by atoms with Crippen molar-refractivity contribution in [3.05, 3.63) is 23.9 Å². The molecule has 0 fully saturated rings. The van der Waals surface area contributed by atoms with Gasteiger partial charge in [0.15, 0.2) is 0 Å². The molecule has 0 unspecified atom stereocenters. The summed E-state index contributed by atoms with van der Waals surface area (Å²) in [6.07, 6.45) is 1.47. The third kappa shape index (κ3) is 5.73. The van der Waals surface area contributed by atoms with Crippen LogP contribution in [0.3, 0.4) is 0 Å². The Morgan fingerprint density at radius 2 is 2.18 bits per heavy atom. The highest BCUT2D eigenvalue weighted by atomic mass is 32.2. The lowest BCUT2D eigenvalue weighted by atomic mass is 10.3. The van der Waals surface area contributed by atoms with Gasteiger partial charge >= 0.3 is 5.51 Å². The smallest absolute Gasteiger partial charge is 0.389 e. The summed E-state index contributed by atoms with van der Waals surface area (Å²) in [7, 11) is 0. The van der Waals surface area contributed by atoms with Gasteiger partial charge in [-0.05, 0) is 23.9 Å². The molecule has 1 heterocycles. The van der Waals surface area contributed by atoms with Gasteiger partial charge in [0, 0.05) is 24.1 Å². The van der Waals surface area contributed by atoms with Crippen LogP contribution in [0.2, 0.25) is 0 Å². The van der Waals surface area contributed by atoms with E-state index in [0.29, 0.717) is 11.4 Å². The van der Waals surface area contributed by atoms with Gasteiger partial charge in [-0.3, -0.25) is 0 Å². The molecule has 0 saturated heterocycles. The van der Waals surface area contributed by atoms with Gasteiger partial charge in [0.2, 0.25) is 0 Å². The van der Waals surface area contributed by atoms with Crippen LogP contribution < -0.4 is 11.1 Å². The second-order valence-corrected chi connectivity index (χ2v) is 4.62. The van der Waals surface area contributed by atoms with Crippen molar-refractivity contribution in [1.82, 2.24) is 4.98 Å². The zero-order valence-corrected chi connectivity index (χ0v) is 10.3. The van der Waals surface area contributed by atoms with Gasteiger partial charge in [-0.1, -0.05) is 12.2 Å². The van der Waals surface area contributed by atoms with E-state index in [-0.39, 0.29) is 29.0 Å². The second-order valence-electron chi connectivity index (χ2n) is 3.02. The minimum absolute atomic E-state index is 0.0672. The molecule has 1 rings (SSSR count). The topological polar surface area (TPSA) is 50.9 Å². The Balaban J connectivity index is 2.35. The van der Waals surface area contributed by atoms with Crippen molar-refractivity contribution < 1.29 is 13.2 Å². The predicted octanol–water partition coefficient (Wildman–Crippen LogP) is 2.38. The number of nitrogens with two attached hydrogens (primary N) is 1. The molecule has 3 N–H and O–H groups in total. The number of aromatic nitrogens is 1. The van der Waals surface area contributed by atoms with Crippen LogP contribution in [0, 0.1) is 0 Å². The van der Waals surface area contributed by atoms with Gasteiger partial charge in [-0.15, -0.1) is 0 Å². The SMILES string of the molecule is NC(=S)c1ccc(NCCSC(F)(F)F)nc1. The molecular weight excluding hydrogens is 271 g/mol. The molecule has 0 aliphatic carbocycles. The molecule has 0 aromatic carbocycles. The van der Waals surface area contributed by atoms with Crippen LogP contribution in [0.5, 0.6) is 0 Å². The number of thioether (sulfide) groups is 1. The van der Waals surface area contributed by atoms with Gasteiger partial charge in [0.05, 0.1) is 0 Å².